The molecule has 0 aromatic rings. The van der Waals surface area contributed by atoms with Crippen molar-refractivity contribution in [3.8, 4) is 0 Å². The molecule has 2 N–H and O–H groups in total. The third-order valence-electron chi connectivity index (χ3n) is 2.16. The zero-order chi connectivity index (χ0) is 10.4. The number of hydrogen-bond acceptors (Lipinski definition) is 3. The van der Waals surface area contributed by atoms with Crippen LogP contribution in [0.1, 0.15) is 25.7 Å². The third kappa shape index (κ3) is 4.39. The SMILES string of the molecule is O=C(O)CCC/C=C\C[C@@H]1O[C@H]1CO. The van der Waals surface area contributed by atoms with E-state index in [0.29, 0.717) is 6.42 Å². The van der Waals surface area contributed by atoms with Crippen LogP contribution in [0.2, 0.25) is 0 Å². The average Bonchev–Trinajstić information content (AvgIpc) is 2.89. The number of hydrogen-bond donors (Lipinski definition) is 2. The van der Waals surface area contributed by atoms with E-state index in [-0.39, 0.29) is 25.2 Å². The monoisotopic (exact) mass is 200 g/mol. The Balaban J connectivity index is 1.92. The molecular formula is C10H16O4. The number of epoxide rings is 1. The van der Waals surface area contributed by atoms with Crippen molar-refractivity contribution in [2.75, 3.05) is 6.61 Å². The quantitative estimate of drug-likeness (QED) is 0.364. The number of aliphatic hydroxyl groups is 1. The molecule has 14 heavy (non-hydrogen) atoms. The van der Waals surface area contributed by atoms with Crippen LogP contribution in [0, 0.1) is 0 Å². The second kappa shape index (κ2) is 5.78. The fraction of sp³-hybridized carbons (Fsp3) is 0.700. The van der Waals surface area contributed by atoms with Crippen molar-refractivity contribution in [2.24, 2.45) is 0 Å². The van der Waals surface area contributed by atoms with Gasteiger partial charge in [-0.2, -0.15) is 0 Å². The zero-order valence-electron chi connectivity index (χ0n) is 8.06. The summed E-state index contributed by atoms with van der Waals surface area (Å²) in [6.07, 6.45) is 6.68. The summed E-state index contributed by atoms with van der Waals surface area (Å²) in [6.45, 7) is 0.0948. The minimum absolute atomic E-state index is 0.0265. The van der Waals surface area contributed by atoms with Gasteiger partial charge in [0.1, 0.15) is 6.10 Å². The first-order valence-electron chi connectivity index (χ1n) is 4.87. The number of carboxylic acid groups (broad SMARTS) is 1. The van der Waals surface area contributed by atoms with E-state index in [4.69, 9.17) is 14.9 Å². The van der Waals surface area contributed by atoms with Crippen molar-refractivity contribution in [3.05, 3.63) is 12.2 Å². The average molecular weight is 200 g/mol. The van der Waals surface area contributed by atoms with Gasteiger partial charge < -0.3 is 14.9 Å². The normalized spacial score (nSPS) is 25.5. The Morgan fingerprint density at radius 1 is 1.36 bits per heavy atom. The van der Waals surface area contributed by atoms with E-state index in [1.807, 2.05) is 12.2 Å². The maximum absolute atomic E-state index is 10.2. The molecule has 1 fully saturated rings. The minimum atomic E-state index is -0.746. The lowest BCUT2D eigenvalue weighted by Gasteiger charge is -1.90. The number of rotatable bonds is 7. The van der Waals surface area contributed by atoms with E-state index >= 15 is 0 Å². The molecule has 0 aliphatic carbocycles. The number of allylic oxidation sites excluding steroid dienone is 1. The molecule has 1 heterocycles. The molecule has 0 aromatic heterocycles. The topological polar surface area (TPSA) is 70.1 Å². The van der Waals surface area contributed by atoms with Gasteiger partial charge in [0.15, 0.2) is 0 Å². The molecule has 2 atom stereocenters. The Bertz CT molecular complexity index is 212. The largest absolute Gasteiger partial charge is 0.481 e. The van der Waals surface area contributed by atoms with Crippen molar-refractivity contribution < 1.29 is 19.7 Å². The Hall–Kier alpha value is -0.870. The van der Waals surface area contributed by atoms with Gasteiger partial charge in [0.25, 0.3) is 0 Å². The molecule has 1 saturated heterocycles. The lowest BCUT2D eigenvalue weighted by Crippen LogP contribution is -1.97. The molecule has 0 saturated carbocycles. The number of carboxylic acids is 1. The van der Waals surface area contributed by atoms with Crippen LogP contribution in [0.25, 0.3) is 0 Å². The summed E-state index contributed by atoms with van der Waals surface area (Å²) in [6, 6.07) is 0. The van der Waals surface area contributed by atoms with Crippen molar-refractivity contribution >= 4 is 5.97 Å². The molecule has 0 aromatic carbocycles. The summed E-state index contributed by atoms with van der Waals surface area (Å²) in [7, 11) is 0. The van der Waals surface area contributed by atoms with Gasteiger partial charge in [-0.1, -0.05) is 12.2 Å². The standard InChI is InChI=1S/C10H16O4/c11-7-9-8(14-9)5-3-1-2-4-6-10(12)13/h1,3,8-9,11H,2,4-7H2,(H,12,13)/b3-1-/t8-,9-/m0/s1. The van der Waals surface area contributed by atoms with Gasteiger partial charge in [-0.05, 0) is 19.3 Å². The summed E-state index contributed by atoms with van der Waals surface area (Å²) in [5.74, 6) is -0.746. The molecule has 0 spiro atoms. The lowest BCUT2D eigenvalue weighted by molar-refractivity contribution is -0.137. The summed E-state index contributed by atoms with van der Waals surface area (Å²) >= 11 is 0. The molecule has 1 aliphatic heterocycles. The predicted molar refractivity (Wildman–Crippen MR) is 51.0 cm³/mol. The van der Waals surface area contributed by atoms with E-state index in [2.05, 4.69) is 0 Å². The van der Waals surface area contributed by atoms with Gasteiger partial charge in [-0.3, -0.25) is 4.79 Å². The first-order valence-corrected chi connectivity index (χ1v) is 4.87. The van der Waals surface area contributed by atoms with Crippen molar-refractivity contribution in [3.63, 3.8) is 0 Å². The smallest absolute Gasteiger partial charge is 0.303 e. The number of carbonyl (C=O) groups is 1. The van der Waals surface area contributed by atoms with Crippen LogP contribution >= 0.6 is 0 Å². The molecule has 80 valence electrons. The highest BCUT2D eigenvalue weighted by Gasteiger charge is 2.36. The van der Waals surface area contributed by atoms with Crippen LogP contribution in [0.15, 0.2) is 12.2 Å². The van der Waals surface area contributed by atoms with Gasteiger partial charge in [0.2, 0.25) is 0 Å². The van der Waals surface area contributed by atoms with Crippen molar-refractivity contribution in [1.82, 2.24) is 0 Å². The van der Waals surface area contributed by atoms with E-state index in [0.717, 1.165) is 12.8 Å². The van der Waals surface area contributed by atoms with E-state index in [9.17, 15) is 4.79 Å². The lowest BCUT2D eigenvalue weighted by atomic mass is 10.2. The third-order valence-corrected chi connectivity index (χ3v) is 2.16. The summed E-state index contributed by atoms with van der Waals surface area (Å²) in [4.78, 5) is 10.2. The van der Waals surface area contributed by atoms with Crippen molar-refractivity contribution in [2.45, 2.75) is 37.9 Å². The first-order chi connectivity index (χ1) is 6.74. The Labute approximate surface area is 83.2 Å². The van der Waals surface area contributed by atoms with Crippen LogP contribution in [0.5, 0.6) is 0 Å². The second-order valence-corrected chi connectivity index (χ2v) is 3.39. The number of unbranched alkanes of at least 4 members (excludes halogenated alkanes) is 1. The van der Waals surface area contributed by atoms with Gasteiger partial charge in [0.05, 0.1) is 12.7 Å². The van der Waals surface area contributed by atoms with Gasteiger partial charge in [0, 0.05) is 6.42 Å². The van der Waals surface area contributed by atoms with Gasteiger partial charge in [-0.25, -0.2) is 0 Å². The Kier molecular flexibility index (Phi) is 4.62. The first kappa shape index (κ1) is 11.2. The van der Waals surface area contributed by atoms with Crippen LogP contribution in [-0.2, 0) is 9.53 Å². The highest BCUT2D eigenvalue weighted by Crippen LogP contribution is 2.24. The molecule has 0 radical (unpaired) electrons. The minimum Gasteiger partial charge on any atom is -0.481 e. The summed E-state index contributed by atoms with van der Waals surface area (Å²) < 4.78 is 5.12. The molecule has 4 nitrogen and oxygen atoms in total. The van der Waals surface area contributed by atoms with E-state index < -0.39 is 5.97 Å². The molecule has 0 amide bonds. The summed E-state index contributed by atoms with van der Waals surface area (Å²) in [5.41, 5.74) is 0. The number of aliphatic carboxylic acids is 1. The molecule has 0 bridgehead atoms. The van der Waals surface area contributed by atoms with Crippen LogP contribution in [0.3, 0.4) is 0 Å². The maximum atomic E-state index is 10.2. The van der Waals surface area contributed by atoms with Gasteiger partial charge in [-0.15, -0.1) is 0 Å². The van der Waals surface area contributed by atoms with E-state index in [1.165, 1.54) is 0 Å². The number of aliphatic hydroxyl groups excluding tert-OH is 1. The highest BCUT2D eigenvalue weighted by atomic mass is 16.6. The maximum Gasteiger partial charge on any atom is 0.303 e. The fourth-order valence-corrected chi connectivity index (χ4v) is 1.27. The predicted octanol–water partition coefficient (Wildman–Crippen LogP) is 0.947. The van der Waals surface area contributed by atoms with Crippen LogP contribution in [0.4, 0.5) is 0 Å². The Morgan fingerprint density at radius 3 is 2.71 bits per heavy atom. The molecule has 1 rings (SSSR count). The molecule has 1 aliphatic rings. The molecule has 0 unspecified atom stereocenters. The Morgan fingerprint density at radius 2 is 2.14 bits per heavy atom. The summed E-state index contributed by atoms with van der Waals surface area (Å²) in [5, 5.41) is 17.0. The second-order valence-electron chi connectivity index (χ2n) is 3.39. The molecular weight excluding hydrogens is 184 g/mol. The number of ether oxygens (including phenoxy) is 1. The van der Waals surface area contributed by atoms with Crippen molar-refractivity contribution in [1.29, 1.82) is 0 Å². The molecule has 4 heteroatoms. The zero-order valence-corrected chi connectivity index (χ0v) is 8.06. The van der Waals surface area contributed by atoms with Crippen LogP contribution < -0.4 is 0 Å². The van der Waals surface area contributed by atoms with Crippen LogP contribution in [-0.4, -0.2) is 35.0 Å². The fourth-order valence-electron chi connectivity index (χ4n) is 1.27. The van der Waals surface area contributed by atoms with E-state index in [1.54, 1.807) is 0 Å². The highest BCUT2D eigenvalue weighted by molar-refractivity contribution is 5.66. The van der Waals surface area contributed by atoms with Gasteiger partial charge >= 0.3 is 5.97 Å².